The van der Waals surface area contributed by atoms with Crippen LogP contribution in [0.25, 0.3) is 11.0 Å². The molecule has 1 heterocycles. The average Bonchev–Trinajstić information content (AvgIpc) is 2.84. The van der Waals surface area contributed by atoms with E-state index >= 15 is 0 Å². The maximum absolute atomic E-state index is 4.15. The Morgan fingerprint density at radius 3 is 2.61 bits per heavy atom. The van der Waals surface area contributed by atoms with E-state index in [1.54, 1.807) is 0 Å². The molecule has 0 spiro atoms. The Morgan fingerprint density at radius 1 is 0.944 bits per heavy atom. The van der Waals surface area contributed by atoms with Crippen LogP contribution in [0.5, 0.6) is 0 Å². The fourth-order valence-corrected chi connectivity index (χ4v) is 1.94. The van der Waals surface area contributed by atoms with Crippen LogP contribution in [0.2, 0.25) is 0 Å². The fourth-order valence-electron chi connectivity index (χ4n) is 1.94. The second-order valence-electron chi connectivity index (χ2n) is 4.09. The molecule has 3 aromatic rings. The SMILES string of the molecule is c1ccc(NCCn2nnc3ccccc32)cc1. The molecule has 0 radical (unpaired) electrons. The molecule has 18 heavy (non-hydrogen) atoms. The van der Waals surface area contributed by atoms with Gasteiger partial charge in [-0.05, 0) is 24.3 Å². The third-order valence-corrected chi connectivity index (χ3v) is 2.85. The lowest BCUT2D eigenvalue weighted by molar-refractivity contribution is 0.627. The van der Waals surface area contributed by atoms with E-state index in [0.717, 1.165) is 29.8 Å². The molecule has 90 valence electrons. The highest BCUT2D eigenvalue weighted by atomic mass is 15.4. The number of fused-ring (bicyclic) bond motifs is 1. The van der Waals surface area contributed by atoms with Gasteiger partial charge in [0.1, 0.15) is 5.52 Å². The summed E-state index contributed by atoms with van der Waals surface area (Å²) < 4.78 is 1.92. The highest BCUT2D eigenvalue weighted by Crippen LogP contribution is 2.09. The molecule has 1 aromatic heterocycles. The van der Waals surface area contributed by atoms with Gasteiger partial charge in [-0.25, -0.2) is 4.68 Å². The van der Waals surface area contributed by atoms with Crippen LogP contribution in [-0.4, -0.2) is 21.5 Å². The molecular formula is C14H14N4. The van der Waals surface area contributed by atoms with Gasteiger partial charge in [-0.1, -0.05) is 35.5 Å². The van der Waals surface area contributed by atoms with E-state index in [9.17, 15) is 0 Å². The molecule has 0 fully saturated rings. The molecule has 0 aliphatic rings. The average molecular weight is 238 g/mol. The van der Waals surface area contributed by atoms with Crippen molar-refractivity contribution >= 4 is 16.7 Å². The Bertz CT molecular complexity index is 630. The lowest BCUT2D eigenvalue weighted by Gasteiger charge is -2.06. The van der Waals surface area contributed by atoms with E-state index in [1.807, 2.05) is 47.1 Å². The summed E-state index contributed by atoms with van der Waals surface area (Å²) in [5.41, 5.74) is 3.14. The monoisotopic (exact) mass is 238 g/mol. The summed E-state index contributed by atoms with van der Waals surface area (Å²) in [6, 6.07) is 18.2. The van der Waals surface area contributed by atoms with Gasteiger partial charge in [0.15, 0.2) is 0 Å². The van der Waals surface area contributed by atoms with Gasteiger partial charge in [-0.3, -0.25) is 0 Å². The standard InChI is InChI=1S/C14H14N4/c1-2-6-12(7-3-1)15-10-11-18-14-9-5-4-8-13(14)16-17-18/h1-9,15H,10-11H2. The molecule has 0 atom stereocenters. The van der Waals surface area contributed by atoms with Crippen LogP contribution >= 0.6 is 0 Å². The molecule has 4 nitrogen and oxygen atoms in total. The number of benzene rings is 2. The number of nitrogens with one attached hydrogen (secondary N) is 1. The smallest absolute Gasteiger partial charge is 0.113 e. The summed E-state index contributed by atoms with van der Waals surface area (Å²) in [6.07, 6.45) is 0. The molecule has 2 aromatic carbocycles. The van der Waals surface area contributed by atoms with Crippen molar-refractivity contribution in [2.45, 2.75) is 6.54 Å². The number of rotatable bonds is 4. The van der Waals surface area contributed by atoms with Crippen LogP contribution < -0.4 is 5.32 Å². The lowest BCUT2D eigenvalue weighted by Crippen LogP contribution is -2.11. The number of para-hydroxylation sites is 2. The van der Waals surface area contributed by atoms with Gasteiger partial charge >= 0.3 is 0 Å². The van der Waals surface area contributed by atoms with E-state index < -0.39 is 0 Å². The number of hydrogen-bond acceptors (Lipinski definition) is 3. The fraction of sp³-hybridized carbons (Fsp3) is 0.143. The molecule has 0 aliphatic heterocycles. The van der Waals surface area contributed by atoms with Crippen LogP contribution in [0, 0.1) is 0 Å². The van der Waals surface area contributed by atoms with Crippen molar-refractivity contribution in [2.75, 3.05) is 11.9 Å². The van der Waals surface area contributed by atoms with E-state index in [-0.39, 0.29) is 0 Å². The van der Waals surface area contributed by atoms with Crippen LogP contribution in [0.3, 0.4) is 0 Å². The minimum absolute atomic E-state index is 0.801. The van der Waals surface area contributed by atoms with Gasteiger partial charge in [0.05, 0.1) is 12.1 Å². The molecule has 1 N–H and O–H groups in total. The topological polar surface area (TPSA) is 42.7 Å². The largest absolute Gasteiger partial charge is 0.383 e. The van der Waals surface area contributed by atoms with Crippen molar-refractivity contribution in [3.63, 3.8) is 0 Å². The molecule has 3 rings (SSSR count). The van der Waals surface area contributed by atoms with Gasteiger partial charge < -0.3 is 5.32 Å². The first kappa shape index (κ1) is 10.8. The summed E-state index contributed by atoms with van der Waals surface area (Å²) in [5, 5.41) is 11.6. The zero-order valence-electron chi connectivity index (χ0n) is 9.95. The van der Waals surface area contributed by atoms with E-state index in [4.69, 9.17) is 0 Å². The van der Waals surface area contributed by atoms with Crippen molar-refractivity contribution in [2.24, 2.45) is 0 Å². The molecule has 0 unspecified atom stereocenters. The first-order chi connectivity index (χ1) is 8.93. The number of nitrogens with zero attached hydrogens (tertiary/aromatic N) is 3. The van der Waals surface area contributed by atoms with Gasteiger partial charge in [0.2, 0.25) is 0 Å². The van der Waals surface area contributed by atoms with Gasteiger partial charge in [-0.2, -0.15) is 0 Å². The quantitative estimate of drug-likeness (QED) is 0.759. The first-order valence-corrected chi connectivity index (χ1v) is 6.01. The molecule has 0 bridgehead atoms. The summed E-state index contributed by atoms with van der Waals surface area (Å²) in [7, 11) is 0. The van der Waals surface area contributed by atoms with Gasteiger partial charge in [0.25, 0.3) is 0 Å². The van der Waals surface area contributed by atoms with E-state index in [0.29, 0.717) is 0 Å². The van der Waals surface area contributed by atoms with Gasteiger partial charge in [-0.15, -0.1) is 5.10 Å². The third kappa shape index (κ3) is 2.18. The summed E-state index contributed by atoms with van der Waals surface area (Å²) in [4.78, 5) is 0. The Kier molecular flexibility index (Phi) is 2.92. The maximum Gasteiger partial charge on any atom is 0.113 e. The molecular weight excluding hydrogens is 224 g/mol. The molecule has 0 aliphatic carbocycles. The van der Waals surface area contributed by atoms with Crippen LogP contribution in [-0.2, 0) is 6.54 Å². The molecule has 4 heteroatoms. The normalized spacial score (nSPS) is 10.7. The first-order valence-electron chi connectivity index (χ1n) is 6.01. The third-order valence-electron chi connectivity index (χ3n) is 2.85. The zero-order valence-corrected chi connectivity index (χ0v) is 9.95. The summed E-state index contributed by atoms with van der Waals surface area (Å²) in [5.74, 6) is 0. The molecule has 0 amide bonds. The zero-order chi connectivity index (χ0) is 12.2. The highest BCUT2D eigenvalue weighted by molar-refractivity contribution is 5.73. The summed E-state index contributed by atoms with van der Waals surface area (Å²) >= 11 is 0. The Morgan fingerprint density at radius 2 is 1.72 bits per heavy atom. The Hall–Kier alpha value is -2.36. The van der Waals surface area contributed by atoms with Crippen LogP contribution in [0.1, 0.15) is 0 Å². The second-order valence-corrected chi connectivity index (χ2v) is 4.09. The summed E-state index contributed by atoms with van der Waals surface area (Å²) in [6.45, 7) is 1.63. The van der Waals surface area contributed by atoms with Crippen LogP contribution in [0.15, 0.2) is 54.6 Å². The van der Waals surface area contributed by atoms with Gasteiger partial charge in [0, 0.05) is 12.2 Å². The highest BCUT2D eigenvalue weighted by Gasteiger charge is 2.02. The predicted octanol–water partition coefficient (Wildman–Crippen LogP) is 2.54. The number of aromatic nitrogens is 3. The maximum atomic E-state index is 4.15. The Labute approximate surface area is 105 Å². The number of anilines is 1. The van der Waals surface area contributed by atoms with Crippen molar-refractivity contribution < 1.29 is 0 Å². The number of hydrogen-bond donors (Lipinski definition) is 1. The molecule has 0 saturated carbocycles. The van der Waals surface area contributed by atoms with E-state index in [1.165, 1.54) is 0 Å². The minimum Gasteiger partial charge on any atom is -0.383 e. The Balaban J connectivity index is 1.67. The molecule has 0 saturated heterocycles. The van der Waals surface area contributed by atoms with Crippen LogP contribution in [0.4, 0.5) is 5.69 Å². The van der Waals surface area contributed by atoms with Crippen molar-refractivity contribution in [1.82, 2.24) is 15.0 Å². The van der Waals surface area contributed by atoms with Crippen molar-refractivity contribution in [3.8, 4) is 0 Å². The second kappa shape index (κ2) is 4.87. The minimum atomic E-state index is 0.801. The lowest BCUT2D eigenvalue weighted by atomic mass is 10.3. The predicted molar refractivity (Wildman–Crippen MR) is 72.5 cm³/mol. The van der Waals surface area contributed by atoms with Crippen molar-refractivity contribution in [1.29, 1.82) is 0 Å². The van der Waals surface area contributed by atoms with Crippen molar-refractivity contribution in [3.05, 3.63) is 54.6 Å². The van der Waals surface area contributed by atoms with E-state index in [2.05, 4.69) is 27.8 Å².